The first kappa shape index (κ1) is 24.0. The first-order chi connectivity index (χ1) is 18.3. The Kier molecular flexibility index (Phi) is 5.77. The zero-order valence-corrected chi connectivity index (χ0v) is 21.5. The molecule has 38 heavy (non-hydrogen) atoms. The Morgan fingerprint density at radius 1 is 1.11 bits per heavy atom. The second kappa shape index (κ2) is 9.16. The summed E-state index contributed by atoms with van der Waals surface area (Å²) in [7, 11) is 0. The molecule has 0 radical (unpaired) electrons. The second-order valence-corrected chi connectivity index (χ2v) is 10.6. The van der Waals surface area contributed by atoms with Gasteiger partial charge in [-0.05, 0) is 31.4 Å². The number of aromatic nitrogens is 7. The summed E-state index contributed by atoms with van der Waals surface area (Å²) < 4.78 is 16.1. The summed E-state index contributed by atoms with van der Waals surface area (Å²) in [5, 5.41) is 10.2. The molecule has 0 atom stereocenters. The molecule has 1 saturated heterocycles. The average molecular weight is 514 g/mol. The fourth-order valence-electron chi connectivity index (χ4n) is 4.67. The van der Waals surface area contributed by atoms with E-state index in [2.05, 4.69) is 40.3 Å². The van der Waals surface area contributed by atoms with E-state index in [1.807, 2.05) is 26.8 Å². The van der Waals surface area contributed by atoms with Crippen molar-refractivity contribution in [1.82, 2.24) is 35.1 Å². The van der Waals surface area contributed by atoms with Crippen molar-refractivity contribution in [1.29, 1.82) is 0 Å². The number of aromatic amines is 2. The van der Waals surface area contributed by atoms with E-state index in [9.17, 15) is 4.79 Å². The number of hydrogen-bond donors (Lipinski definition) is 3. The summed E-state index contributed by atoms with van der Waals surface area (Å²) >= 11 is 0. The van der Waals surface area contributed by atoms with Gasteiger partial charge in [-0.3, -0.25) is 14.9 Å². The number of hydrogen-bond acceptors (Lipinski definition) is 7. The van der Waals surface area contributed by atoms with Gasteiger partial charge in [0.15, 0.2) is 17.3 Å². The van der Waals surface area contributed by atoms with Crippen LogP contribution in [-0.4, -0.2) is 54.1 Å². The number of nitrogens with one attached hydrogen (secondary N) is 3. The number of carbonyl (C=O) groups excluding carboxylic acids is 1. The number of rotatable bonds is 4. The Morgan fingerprint density at radius 3 is 2.71 bits per heavy atom. The number of nitrogens with zero attached hydrogens (tertiary/aromatic N) is 6. The lowest BCUT2D eigenvalue weighted by Gasteiger charge is -2.27. The van der Waals surface area contributed by atoms with Gasteiger partial charge in [0, 0.05) is 48.2 Å². The first-order valence-corrected chi connectivity index (χ1v) is 12.7. The van der Waals surface area contributed by atoms with Crippen molar-refractivity contribution >= 4 is 39.5 Å². The molecule has 5 aromatic rings. The van der Waals surface area contributed by atoms with Gasteiger partial charge in [0.2, 0.25) is 5.91 Å². The fourth-order valence-corrected chi connectivity index (χ4v) is 4.67. The van der Waals surface area contributed by atoms with Crippen molar-refractivity contribution in [3.8, 4) is 22.6 Å². The Bertz CT molecular complexity index is 1660. The van der Waals surface area contributed by atoms with Crippen LogP contribution < -0.4 is 10.2 Å². The Hall–Kier alpha value is -4.41. The van der Waals surface area contributed by atoms with Gasteiger partial charge in [0.1, 0.15) is 17.0 Å². The van der Waals surface area contributed by atoms with Crippen LogP contribution in [0.2, 0.25) is 0 Å². The van der Waals surface area contributed by atoms with Crippen LogP contribution in [0.3, 0.4) is 0 Å². The van der Waals surface area contributed by atoms with Gasteiger partial charge in [-0.15, -0.1) is 0 Å². The minimum absolute atomic E-state index is 0.161. The third-order valence-corrected chi connectivity index (χ3v) is 6.78. The van der Waals surface area contributed by atoms with Crippen LogP contribution in [0.5, 0.6) is 0 Å². The van der Waals surface area contributed by atoms with Crippen LogP contribution in [0, 0.1) is 11.2 Å². The molecule has 0 bridgehead atoms. The molecule has 6 heterocycles. The number of amides is 1. The molecule has 11 heteroatoms. The lowest BCUT2D eigenvalue weighted by atomic mass is 9.95. The summed E-state index contributed by atoms with van der Waals surface area (Å²) in [5.74, 6) is 0.587. The second-order valence-electron chi connectivity index (χ2n) is 10.6. The van der Waals surface area contributed by atoms with Crippen LogP contribution >= 0.6 is 0 Å². The van der Waals surface area contributed by atoms with E-state index in [0.717, 1.165) is 42.8 Å². The van der Waals surface area contributed by atoms with Gasteiger partial charge in [-0.2, -0.15) is 5.10 Å². The number of fused-ring (bicyclic) bond motifs is 2. The molecule has 0 aromatic carbocycles. The quantitative estimate of drug-likeness (QED) is 0.306. The highest BCUT2D eigenvalue weighted by atomic mass is 19.1. The van der Waals surface area contributed by atoms with Gasteiger partial charge in [0.25, 0.3) is 0 Å². The molecule has 1 aliphatic heterocycles. The molecule has 5 aromatic heterocycles. The third kappa shape index (κ3) is 4.23. The minimum Gasteiger partial charge on any atom is -0.355 e. The van der Waals surface area contributed by atoms with E-state index in [0.29, 0.717) is 28.4 Å². The van der Waals surface area contributed by atoms with Gasteiger partial charge < -0.3 is 15.2 Å². The highest BCUT2D eigenvalue weighted by Gasteiger charge is 2.24. The van der Waals surface area contributed by atoms with E-state index < -0.39 is 11.2 Å². The van der Waals surface area contributed by atoms with Crippen LogP contribution in [0.1, 0.15) is 40.0 Å². The van der Waals surface area contributed by atoms with E-state index in [-0.39, 0.29) is 16.9 Å². The number of piperidine rings is 1. The largest absolute Gasteiger partial charge is 0.355 e. The highest BCUT2D eigenvalue weighted by molar-refractivity contribution is 5.97. The molecule has 0 saturated carbocycles. The summed E-state index contributed by atoms with van der Waals surface area (Å²) in [4.78, 5) is 36.0. The zero-order chi connectivity index (χ0) is 26.4. The number of H-pyrrole nitrogens is 2. The molecule has 0 aliphatic carbocycles. The van der Waals surface area contributed by atoms with Gasteiger partial charge >= 0.3 is 0 Å². The predicted octanol–water partition coefficient (Wildman–Crippen LogP) is 5.07. The lowest BCUT2D eigenvalue weighted by Crippen LogP contribution is -2.30. The maximum Gasteiger partial charge on any atom is 0.229 e. The van der Waals surface area contributed by atoms with Crippen LogP contribution in [0.15, 0.2) is 36.9 Å². The van der Waals surface area contributed by atoms with Crippen LogP contribution in [-0.2, 0) is 4.79 Å². The predicted molar refractivity (Wildman–Crippen MR) is 144 cm³/mol. The van der Waals surface area contributed by atoms with Crippen LogP contribution in [0.25, 0.3) is 44.7 Å². The number of carbonyl (C=O) groups is 1. The van der Waals surface area contributed by atoms with Gasteiger partial charge in [-0.25, -0.2) is 19.3 Å². The van der Waals surface area contributed by atoms with Crippen LogP contribution in [0.4, 0.5) is 15.9 Å². The van der Waals surface area contributed by atoms with Crippen molar-refractivity contribution in [2.45, 2.75) is 40.0 Å². The van der Waals surface area contributed by atoms with E-state index in [1.54, 1.807) is 12.3 Å². The summed E-state index contributed by atoms with van der Waals surface area (Å²) in [6.45, 7) is 7.33. The number of imidazole rings is 1. The van der Waals surface area contributed by atoms with Crippen molar-refractivity contribution < 1.29 is 9.18 Å². The molecule has 6 rings (SSSR count). The van der Waals surface area contributed by atoms with E-state index >= 15 is 4.39 Å². The molecule has 1 aliphatic rings. The highest BCUT2D eigenvalue weighted by Crippen LogP contribution is 2.34. The Morgan fingerprint density at radius 2 is 1.92 bits per heavy atom. The van der Waals surface area contributed by atoms with Crippen molar-refractivity contribution in [3.63, 3.8) is 0 Å². The summed E-state index contributed by atoms with van der Waals surface area (Å²) in [6.07, 6.45) is 9.72. The standard InChI is InChI=1S/C27H28FN9O/c1-27(2,3)26(38)32-16-11-15(12-29-13-16)17-14-31-23-19(20(17)28)22(35-36-23)24-33-18-7-8-30-25(21(18)34-24)37-9-5-4-6-10-37/h7-8,11-14H,4-6,9-10H2,1-3H3,(H,32,38)(H,33,34)(H,31,35,36). The number of pyridine rings is 3. The molecular weight excluding hydrogens is 485 g/mol. The smallest absolute Gasteiger partial charge is 0.229 e. The van der Waals surface area contributed by atoms with Crippen molar-refractivity contribution in [2.75, 3.05) is 23.3 Å². The Labute approximate surface area is 218 Å². The summed E-state index contributed by atoms with van der Waals surface area (Å²) in [5.41, 5.74) is 2.80. The monoisotopic (exact) mass is 513 g/mol. The maximum atomic E-state index is 16.1. The summed E-state index contributed by atoms with van der Waals surface area (Å²) in [6, 6.07) is 3.54. The zero-order valence-electron chi connectivity index (χ0n) is 21.5. The van der Waals surface area contributed by atoms with Crippen molar-refractivity contribution in [3.05, 3.63) is 42.7 Å². The molecule has 1 amide bonds. The lowest BCUT2D eigenvalue weighted by molar-refractivity contribution is -0.123. The topological polar surface area (TPSA) is 128 Å². The molecule has 194 valence electrons. The fraction of sp³-hybridized carbons (Fsp3) is 0.333. The Balaban J connectivity index is 1.41. The minimum atomic E-state index is -0.580. The molecule has 0 spiro atoms. The van der Waals surface area contributed by atoms with Gasteiger partial charge in [-0.1, -0.05) is 20.8 Å². The van der Waals surface area contributed by atoms with E-state index in [4.69, 9.17) is 4.98 Å². The van der Waals surface area contributed by atoms with Crippen molar-refractivity contribution in [2.24, 2.45) is 5.41 Å². The number of halogens is 1. The molecular formula is C27H28FN9O. The molecule has 0 unspecified atom stereocenters. The maximum absolute atomic E-state index is 16.1. The van der Waals surface area contributed by atoms with Gasteiger partial charge in [0.05, 0.1) is 22.8 Å². The number of anilines is 2. The normalized spacial score (nSPS) is 14.4. The van der Waals surface area contributed by atoms with E-state index in [1.165, 1.54) is 25.0 Å². The first-order valence-electron chi connectivity index (χ1n) is 12.7. The molecule has 3 N–H and O–H groups in total. The SMILES string of the molecule is CC(C)(C)C(=O)Nc1cncc(-c2cnc3[nH]nc(-c4nc5c(N6CCCCC6)nccc5[nH]4)c3c2F)c1. The molecule has 10 nitrogen and oxygen atoms in total. The molecule has 1 fully saturated rings. The third-order valence-electron chi connectivity index (χ3n) is 6.78. The average Bonchev–Trinajstić information content (AvgIpc) is 3.54.